The molecule has 0 bridgehead atoms. The molecule has 0 spiro atoms. The van der Waals surface area contributed by atoms with E-state index in [4.69, 9.17) is 14.6 Å². The molecule has 0 aliphatic rings. The Kier molecular flexibility index (Phi) is 9.24. The molecule has 0 saturated carbocycles. The molecule has 0 saturated heterocycles. The van der Waals surface area contributed by atoms with Crippen molar-refractivity contribution in [3.63, 3.8) is 0 Å². The first-order valence-corrected chi connectivity index (χ1v) is 11.5. The van der Waals surface area contributed by atoms with Gasteiger partial charge in [-0.15, -0.1) is 6.58 Å². The van der Waals surface area contributed by atoms with Crippen LogP contribution in [0.4, 0.5) is 0 Å². The molecule has 0 radical (unpaired) electrons. The standard InChI is InChI=1S/C27H35N3O3/c1-5-17-32-20-24(31)18-29(21(3)6-2)19-26-22(4)28-30(23-13-9-7-10-14-23)27(26)33-25-15-11-8-12-16-25/h5,7-16,21,24,31H,1,6,17-20H2,2-4H3/t21-,24+/m0/s1. The van der Waals surface area contributed by atoms with Crippen LogP contribution in [-0.2, 0) is 11.3 Å². The summed E-state index contributed by atoms with van der Waals surface area (Å²) in [7, 11) is 0. The molecular formula is C27H35N3O3. The second kappa shape index (κ2) is 12.3. The van der Waals surface area contributed by atoms with E-state index in [1.54, 1.807) is 6.08 Å². The number of para-hydroxylation sites is 2. The molecule has 2 atom stereocenters. The van der Waals surface area contributed by atoms with Crippen LogP contribution < -0.4 is 4.74 Å². The smallest absolute Gasteiger partial charge is 0.227 e. The lowest BCUT2D eigenvalue weighted by molar-refractivity contribution is 0.0155. The number of hydrogen-bond donors (Lipinski definition) is 1. The Morgan fingerprint density at radius 3 is 2.42 bits per heavy atom. The van der Waals surface area contributed by atoms with E-state index in [1.807, 2.05) is 72.3 Å². The molecule has 3 rings (SSSR count). The van der Waals surface area contributed by atoms with E-state index in [9.17, 15) is 5.11 Å². The number of aromatic nitrogens is 2. The van der Waals surface area contributed by atoms with Crippen molar-refractivity contribution >= 4 is 0 Å². The predicted molar refractivity (Wildman–Crippen MR) is 132 cm³/mol. The Morgan fingerprint density at radius 2 is 1.79 bits per heavy atom. The number of benzene rings is 2. The van der Waals surface area contributed by atoms with Gasteiger partial charge in [0.25, 0.3) is 0 Å². The lowest BCUT2D eigenvalue weighted by atomic mass is 10.1. The molecule has 0 unspecified atom stereocenters. The second-order valence-corrected chi connectivity index (χ2v) is 8.20. The first kappa shape index (κ1) is 24.7. The van der Waals surface area contributed by atoms with Crippen molar-refractivity contribution in [2.45, 2.75) is 45.9 Å². The third-order valence-electron chi connectivity index (χ3n) is 5.66. The van der Waals surface area contributed by atoms with Crippen LogP contribution in [-0.4, -0.2) is 51.7 Å². The summed E-state index contributed by atoms with van der Waals surface area (Å²) in [4.78, 5) is 2.26. The third-order valence-corrected chi connectivity index (χ3v) is 5.66. The molecule has 0 fully saturated rings. The Morgan fingerprint density at radius 1 is 1.12 bits per heavy atom. The van der Waals surface area contributed by atoms with Crippen LogP contribution in [0.15, 0.2) is 73.3 Å². The SMILES string of the molecule is C=CCOC[C@H](O)CN(Cc1c(C)nn(-c2ccccc2)c1Oc1ccccc1)[C@@H](C)CC. The molecule has 0 aliphatic carbocycles. The Bertz CT molecular complexity index is 989. The summed E-state index contributed by atoms with van der Waals surface area (Å²) in [5.41, 5.74) is 2.84. The van der Waals surface area contributed by atoms with E-state index in [2.05, 4.69) is 25.3 Å². The summed E-state index contributed by atoms with van der Waals surface area (Å²) in [5, 5.41) is 15.4. The summed E-state index contributed by atoms with van der Waals surface area (Å²) in [6.07, 6.45) is 2.05. The second-order valence-electron chi connectivity index (χ2n) is 8.20. The highest BCUT2D eigenvalue weighted by Gasteiger charge is 2.24. The number of rotatable bonds is 13. The highest BCUT2D eigenvalue weighted by Crippen LogP contribution is 2.32. The minimum atomic E-state index is -0.595. The zero-order chi connectivity index (χ0) is 23.6. The highest BCUT2D eigenvalue weighted by atomic mass is 16.5. The van der Waals surface area contributed by atoms with Crippen molar-refractivity contribution < 1.29 is 14.6 Å². The molecule has 0 amide bonds. The zero-order valence-corrected chi connectivity index (χ0v) is 19.9. The molecule has 6 nitrogen and oxygen atoms in total. The number of aryl methyl sites for hydroxylation is 1. The number of nitrogens with zero attached hydrogens (tertiary/aromatic N) is 3. The number of ether oxygens (including phenoxy) is 2. The van der Waals surface area contributed by atoms with Gasteiger partial charge in [-0.1, -0.05) is 49.4 Å². The van der Waals surface area contributed by atoms with Crippen LogP contribution in [0.5, 0.6) is 11.6 Å². The molecule has 6 heteroatoms. The summed E-state index contributed by atoms with van der Waals surface area (Å²) in [6.45, 7) is 11.8. The number of hydrogen-bond acceptors (Lipinski definition) is 5. The van der Waals surface area contributed by atoms with Crippen molar-refractivity contribution in [2.75, 3.05) is 19.8 Å². The van der Waals surface area contributed by atoms with E-state index < -0.39 is 6.10 Å². The molecule has 1 heterocycles. The van der Waals surface area contributed by atoms with Gasteiger partial charge in [0.1, 0.15) is 5.75 Å². The number of aliphatic hydroxyl groups excluding tert-OH is 1. The summed E-state index contributed by atoms with van der Waals surface area (Å²) in [5.74, 6) is 1.44. The van der Waals surface area contributed by atoms with Gasteiger partial charge in [0.15, 0.2) is 0 Å². The molecule has 176 valence electrons. The average molecular weight is 450 g/mol. The maximum Gasteiger partial charge on any atom is 0.227 e. The van der Waals surface area contributed by atoms with Gasteiger partial charge in [-0.3, -0.25) is 4.90 Å². The van der Waals surface area contributed by atoms with Crippen LogP contribution in [0.2, 0.25) is 0 Å². The average Bonchev–Trinajstić information content (AvgIpc) is 3.14. The lowest BCUT2D eigenvalue weighted by Gasteiger charge is -2.30. The van der Waals surface area contributed by atoms with Gasteiger partial charge in [-0.25, -0.2) is 4.68 Å². The maximum absolute atomic E-state index is 10.6. The third kappa shape index (κ3) is 6.78. The van der Waals surface area contributed by atoms with Crippen molar-refractivity contribution in [3.05, 3.63) is 84.6 Å². The van der Waals surface area contributed by atoms with E-state index >= 15 is 0 Å². The molecule has 3 aromatic rings. The van der Waals surface area contributed by atoms with Gasteiger partial charge in [0, 0.05) is 19.1 Å². The first-order valence-electron chi connectivity index (χ1n) is 11.5. The predicted octanol–water partition coefficient (Wildman–Crippen LogP) is 5.14. The molecule has 33 heavy (non-hydrogen) atoms. The molecular weight excluding hydrogens is 414 g/mol. The highest BCUT2D eigenvalue weighted by molar-refractivity contribution is 5.43. The maximum atomic E-state index is 10.6. The fourth-order valence-corrected chi connectivity index (χ4v) is 3.64. The Balaban J connectivity index is 1.93. The van der Waals surface area contributed by atoms with Crippen molar-refractivity contribution in [2.24, 2.45) is 0 Å². The van der Waals surface area contributed by atoms with Crippen LogP contribution in [0, 0.1) is 6.92 Å². The van der Waals surface area contributed by atoms with Crippen LogP contribution in [0.25, 0.3) is 5.69 Å². The molecule has 2 aromatic carbocycles. The largest absolute Gasteiger partial charge is 0.439 e. The van der Waals surface area contributed by atoms with E-state index in [-0.39, 0.29) is 12.6 Å². The normalized spacial score (nSPS) is 13.1. The zero-order valence-electron chi connectivity index (χ0n) is 19.9. The Hall–Kier alpha value is -2.93. The van der Waals surface area contributed by atoms with Crippen molar-refractivity contribution in [1.29, 1.82) is 0 Å². The number of aliphatic hydroxyl groups is 1. The first-order chi connectivity index (χ1) is 16.0. The summed E-state index contributed by atoms with van der Waals surface area (Å²) >= 11 is 0. The van der Waals surface area contributed by atoms with Crippen LogP contribution in [0.3, 0.4) is 0 Å². The van der Waals surface area contributed by atoms with Crippen LogP contribution >= 0.6 is 0 Å². The lowest BCUT2D eigenvalue weighted by Crippen LogP contribution is -2.40. The topological polar surface area (TPSA) is 59.8 Å². The monoisotopic (exact) mass is 449 g/mol. The quantitative estimate of drug-likeness (QED) is 0.289. The van der Waals surface area contributed by atoms with Gasteiger partial charge >= 0.3 is 0 Å². The fraction of sp³-hybridized carbons (Fsp3) is 0.370. The summed E-state index contributed by atoms with van der Waals surface area (Å²) in [6, 6.07) is 20.0. The Labute approximate surface area is 197 Å². The van der Waals surface area contributed by atoms with Gasteiger partial charge < -0.3 is 14.6 Å². The van der Waals surface area contributed by atoms with Crippen LogP contribution in [0.1, 0.15) is 31.5 Å². The molecule has 1 N–H and O–H groups in total. The molecule has 1 aromatic heterocycles. The van der Waals surface area contributed by atoms with Gasteiger partial charge in [0.2, 0.25) is 5.88 Å². The van der Waals surface area contributed by atoms with E-state index in [1.165, 1.54) is 0 Å². The van der Waals surface area contributed by atoms with Gasteiger partial charge in [-0.05, 0) is 44.5 Å². The van der Waals surface area contributed by atoms with Gasteiger partial charge in [0.05, 0.1) is 36.3 Å². The van der Waals surface area contributed by atoms with Crippen molar-refractivity contribution in [3.8, 4) is 17.3 Å². The minimum absolute atomic E-state index is 0.267. The van der Waals surface area contributed by atoms with E-state index in [0.29, 0.717) is 25.6 Å². The van der Waals surface area contributed by atoms with E-state index in [0.717, 1.165) is 29.1 Å². The fourth-order valence-electron chi connectivity index (χ4n) is 3.64. The van der Waals surface area contributed by atoms with Gasteiger partial charge in [-0.2, -0.15) is 5.10 Å². The van der Waals surface area contributed by atoms with Crippen molar-refractivity contribution in [1.82, 2.24) is 14.7 Å². The summed E-state index contributed by atoms with van der Waals surface area (Å²) < 4.78 is 13.7. The molecule has 0 aliphatic heterocycles. The minimum Gasteiger partial charge on any atom is -0.439 e.